The minimum atomic E-state index is 0.395. The SMILES string of the molecule is O=BOc1cnc2ccccc2c1. The minimum absolute atomic E-state index is 0.395. The number of fused-ring (bicyclic) bond motifs is 1. The summed E-state index contributed by atoms with van der Waals surface area (Å²) in [5, 5.41) is 0.960. The summed E-state index contributed by atoms with van der Waals surface area (Å²) in [5.74, 6) is 0.466. The van der Waals surface area contributed by atoms with Gasteiger partial charge in [0.15, 0.2) is 0 Å². The van der Waals surface area contributed by atoms with Crippen LogP contribution in [0, 0.1) is 0 Å². The molecule has 0 radical (unpaired) electrons. The van der Waals surface area contributed by atoms with E-state index in [4.69, 9.17) is 0 Å². The Bertz CT molecular complexity index is 444. The van der Waals surface area contributed by atoms with E-state index in [1.54, 1.807) is 6.07 Å². The fourth-order valence-corrected chi connectivity index (χ4v) is 1.17. The summed E-state index contributed by atoms with van der Waals surface area (Å²) in [6, 6.07) is 9.42. The number of hydrogen-bond acceptors (Lipinski definition) is 3. The summed E-state index contributed by atoms with van der Waals surface area (Å²) < 4.78 is 14.7. The predicted molar refractivity (Wildman–Crippen MR) is 48.8 cm³/mol. The molecule has 0 N–H and O–H groups in total. The normalized spacial score (nSPS) is 9.54. The second kappa shape index (κ2) is 3.35. The molecule has 0 saturated heterocycles. The molecule has 0 amide bonds. The summed E-state index contributed by atoms with van der Waals surface area (Å²) in [7, 11) is 0.395. The van der Waals surface area contributed by atoms with Gasteiger partial charge in [-0.2, -0.15) is 0 Å². The average molecular weight is 171 g/mol. The molecule has 3 nitrogen and oxygen atoms in total. The van der Waals surface area contributed by atoms with E-state index < -0.39 is 0 Å². The second-order valence-corrected chi connectivity index (χ2v) is 2.58. The third kappa shape index (κ3) is 1.56. The van der Waals surface area contributed by atoms with Crippen molar-refractivity contribution in [2.24, 2.45) is 0 Å². The van der Waals surface area contributed by atoms with Crippen LogP contribution >= 0.6 is 0 Å². The molecule has 2 aromatic rings. The fourth-order valence-electron chi connectivity index (χ4n) is 1.17. The topological polar surface area (TPSA) is 39.2 Å². The first-order chi connectivity index (χ1) is 6.40. The van der Waals surface area contributed by atoms with Crippen molar-refractivity contribution in [2.45, 2.75) is 0 Å². The standard InChI is InChI=1S/C9H6BNO2/c12-10-13-8-5-7-3-1-2-4-9(7)11-6-8/h1-6H. The molecule has 62 valence electrons. The van der Waals surface area contributed by atoms with Gasteiger partial charge in [-0.25, -0.2) is 0 Å². The van der Waals surface area contributed by atoms with Gasteiger partial charge in [0.2, 0.25) is 0 Å². The van der Waals surface area contributed by atoms with Crippen molar-refractivity contribution in [3.05, 3.63) is 36.5 Å². The zero-order valence-corrected chi connectivity index (χ0v) is 6.81. The van der Waals surface area contributed by atoms with Gasteiger partial charge in [-0.15, -0.1) is 0 Å². The van der Waals surface area contributed by atoms with Crippen LogP contribution in [-0.4, -0.2) is 12.3 Å². The van der Waals surface area contributed by atoms with Crippen LogP contribution < -0.4 is 4.65 Å². The second-order valence-electron chi connectivity index (χ2n) is 2.58. The van der Waals surface area contributed by atoms with Gasteiger partial charge in [-0.05, 0) is 0 Å². The van der Waals surface area contributed by atoms with Gasteiger partial charge in [0, 0.05) is 0 Å². The van der Waals surface area contributed by atoms with Gasteiger partial charge in [0.25, 0.3) is 0 Å². The molecule has 0 saturated carbocycles. The summed E-state index contributed by atoms with van der Waals surface area (Å²) in [5.41, 5.74) is 0.890. The van der Waals surface area contributed by atoms with Gasteiger partial charge in [-0.1, -0.05) is 0 Å². The summed E-state index contributed by atoms with van der Waals surface area (Å²) in [6.45, 7) is 0. The monoisotopic (exact) mass is 171 g/mol. The molecule has 0 spiro atoms. The number of hydrogen-bond donors (Lipinski definition) is 0. The Morgan fingerprint density at radius 1 is 1.31 bits per heavy atom. The van der Waals surface area contributed by atoms with E-state index in [2.05, 4.69) is 9.64 Å². The molecule has 0 aliphatic carbocycles. The summed E-state index contributed by atoms with van der Waals surface area (Å²) in [4.78, 5) is 4.12. The van der Waals surface area contributed by atoms with Crippen LogP contribution in [0.4, 0.5) is 0 Å². The Balaban J connectivity index is 2.55. The van der Waals surface area contributed by atoms with Crippen molar-refractivity contribution in [3.63, 3.8) is 0 Å². The van der Waals surface area contributed by atoms with Crippen LogP contribution in [0.3, 0.4) is 0 Å². The zero-order valence-electron chi connectivity index (χ0n) is 6.81. The van der Waals surface area contributed by atoms with Crippen molar-refractivity contribution in [1.82, 2.24) is 4.98 Å². The molecular formula is C9H6BNO2. The number of benzene rings is 1. The zero-order chi connectivity index (χ0) is 9.10. The van der Waals surface area contributed by atoms with E-state index in [9.17, 15) is 4.70 Å². The molecule has 1 aromatic carbocycles. The van der Waals surface area contributed by atoms with Gasteiger partial charge in [0.05, 0.1) is 0 Å². The van der Waals surface area contributed by atoms with Crippen LogP contribution in [0.5, 0.6) is 5.75 Å². The van der Waals surface area contributed by atoms with Crippen molar-refractivity contribution in [2.75, 3.05) is 0 Å². The van der Waals surface area contributed by atoms with Crippen LogP contribution in [-0.2, 0) is 4.70 Å². The molecule has 0 aliphatic heterocycles. The summed E-state index contributed by atoms with van der Waals surface area (Å²) in [6.07, 6.45) is 1.52. The molecular weight excluding hydrogens is 165 g/mol. The van der Waals surface area contributed by atoms with E-state index in [0.717, 1.165) is 10.9 Å². The van der Waals surface area contributed by atoms with Gasteiger partial charge in [0.1, 0.15) is 0 Å². The molecule has 0 bridgehead atoms. The van der Waals surface area contributed by atoms with Gasteiger partial charge < -0.3 is 0 Å². The first-order valence-corrected chi connectivity index (χ1v) is 3.85. The molecule has 1 aromatic heterocycles. The molecule has 2 rings (SSSR count). The first kappa shape index (κ1) is 7.92. The van der Waals surface area contributed by atoms with Crippen LogP contribution in [0.2, 0.25) is 0 Å². The molecule has 1 heterocycles. The van der Waals surface area contributed by atoms with Crippen LogP contribution in [0.25, 0.3) is 10.9 Å². The molecule has 0 unspecified atom stereocenters. The Morgan fingerprint density at radius 2 is 2.15 bits per heavy atom. The molecule has 0 atom stereocenters. The Kier molecular flexibility index (Phi) is 2.04. The molecule has 0 aliphatic rings. The number of aromatic nitrogens is 1. The third-order valence-corrected chi connectivity index (χ3v) is 1.75. The van der Waals surface area contributed by atoms with E-state index in [-0.39, 0.29) is 0 Å². The Hall–Kier alpha value is -1.71. The van der Waals surface area contributed by atoms with Crippen LogP contribution in [0.15, 0.2) is 36.5 Å². The van der Waals surface area contributed by atoms with Crippen molar-refractivity contribution in [1.29, 1.82) is 0 Å². The number of para-hydroxylation sites is 1. The summed E-state index contributed by atoms with van der Waals surface area (Å²) >= 11 is 0. The third-order valence-electron chi connectivity index (χ3n) is 1.75. The predicted octanol–water partition coefficient (Wildman–Crippen LogP) is 1.58. The Labute approximate surface area is 75.6 Å². The quantitative estimate of drug-likeness (QED) is 0.643. The van der Waals surface area contributed by atoms with Crippen molar-refractivity contribution >= 4 is 18.3 Å². The van der Waals surface area contributed by atoms with E-state index >= 15 is 0 Å². The molecule has 13 heavy (non-hydrogen) atoms. The number of pyridine rings is 1. The van der Waals surface area contributed by atoms with Gasteiger partial charge >= 0.3 is 74.9 Å². The fraction of sp³-hybridized carbons (Fsp3) is 0. The van der Waals surface area contributed by atoms with Crippen molar-refractivity contribution < 1.29 is 9.36 Å². The molecule has 0 fully saturated rings. The molecule has 4 heteroatoms. The maximum atomic E-state index is 10.1. The van der Waals surface area contributed by atoms with E-state index in [0.29, 0.717) is 13.1 Å². The Morgan fingerprint density at radius 3 is 3.00 bits per heavy atom. The number of nitrogens with zero attached hydrogens (tertiary/aromatic N) is 1. The first-order valence-electron chi connectivity index (χ1n) is 3.85. The van der Waals surface area contributed by atoms with Crippen LogP contribution in [0.1, 0.15) is 0 Å². The average Bonchev–Trinajstić information content (AvgIpc) is 2.18. The van der Waals surface area contributed by atoms with Crippen molar-refractivity contribution in [3.8, 4) is 5.75 Å². The van der Waals surface area contributed by atoms with Gasteiger partial charge in [-0.3, -0.25) is 0 Å². The maximum absolute atomic E-state index is 10.1. The number of rotatable bonds is 2. The van der Waals surface area contributed by atoms with E-state index in [1.165, 1.54) is 6.20 Å². The van der Waals surface area contributed by atoms with E-state index in [1.807, 2.05) is 24.3 Å².